The van der Waals surface area contributed by atoms with E-state index in [0.29, 0.717) is 6.01 Å². The van der Waals surface area contributed by atoms with Gasteiger partial charge in [-0.3, -0.25) is 4.90 Å². The number of methoxy groups -OCH3 is 1. The van der Waals surface area contributed by atoms with E-state index in [1.165, 1.54) is 0 Å². The predicted octanol–water partition coefficient (Wildman–Crippen LogP) is 2.09. The van der Waals surface area contributed by atoms with Crippen LogP contribution in [-0.2, 0) is 12.1 Å². The van der Waals surface area contributed by atoms with Gasteiger partial charge in [-0.05, 0) is 39.3 Å². The lowest BCUT2D eigenvalue weighted by atomic mass is 9.97. The first-order chi connectivity index (χ1) is 10.6. The maximum atomic E-state index is 5.01. The summed E-state index contributed by atoms with van der Waals surface area (Å²) in [7, 11) is 1.57. The van der Waals surface area contributed by atoms with Crippen LogP contribution in [0.1, 0.15) is 36.8 Å². The molecule has 2 aromatic rings. The van der Waals surface area contributed by atoms with Crippen molar-refractivity contribution in [1.82, 2.24) is 24.8 Å². The lowest BCUT2D eigenvalue weighted by Gasteiger charge is -2.33. The van der Waals surface area contributed by atoms with Crippen molar-refractivity contribution < 1.29 is 4.74 Å². The SMILES string of the molecule is COc1ncc(CN2CCC[C@@]2(C)c2nccc(C)n2)cn1. The number of hydrogen-bond donors (Lipinski definition) is 0. The van der Waals surface area contributed by atoms with Gasteiger partial charge in [0.1, 0.15) is 5.82 Å². The fourth-order valence-corrected chi connectivity index (χ4v) is 2.98. The second kappa shape index (κ2) is 5.96. The molecule has 1 fully saturated rings. The molecule has 0 bridgehead atoms. The normalized spacial score (nSPS) is 22.0. The number of likely N-dealkylation sites (tertiary alicyclic amines) is 1. The lowest BCUT2D eigenvalue weighted by molar-refractivity contribution is 0.137. The number of hydrogen-bond acceptors (Lipinski definition) is 6. The molecule has 0 N–H and O–H groups in total. The summed E-state index contributed by atoms with van der Waals surface area (Å²) < 4.78 is 5.01. The molecule has 0 unspecified atom stereocenters. The summed E-state index contributed by atoms with van der Waals surface area (Å²) >= 11 is 0. The van der Waals surface area contributed by atoms with Gasteiger partial charge in [-0.1, -0.05) is 0 Å². The van der Waals surface area contributed by atoms with Crippen LogP contribution in [0.15, 0.2) is 24.7 Å². The van der Waals surface area contributed by atoms with Crippen molar-refractivity contribution in [3.63, 3.8) is 0 Å². The highest BCUT2D eigenvalue weighted by molar-refractivity contribution is 5.14. The van der Waals surface area contributed by atoms with Gasteiger partial charge in [0.2, 0.25) is 0 Å². The number of aromatic nitrogens is 4. The minimum atomic E-state index is -0.133. The van der Waals surface area contributed by atoms with E-state index in [-0.39, 0.29) is 5.54 Å². The third-order valence-corrected chi connectivity index (χ3v) is 4.30. The first-order valence-electron chi connectivity index (χ1n) is 7.52. The smallest absolute Gasteiger partial charge is 0.316 e. The van der Waals surface area contributed by atoms with Crippen LogP contribution in [0.3, 0.4) is 0 Å². The zero-order valence-corrected chi connectivity index (χ0v) is 13.3. The zero-order chi connectivity index (χ0) is 15.6. The minimum Gasteiger partial charge on any atom is -0.467 e. The maximum Gasteiger partial charge on any atom is 0.316 e. The molecule has 22 heavy (non-hydrogen) atoms. The molecule has 1 saturated heterocycles. The van der Waals surface area contributed by atoms with Gasteiger partial charge in [0.15, 0.2) is 0 Å². The van der Waals surface area contributed by atoms with Crippen molar-refractivity contribution in [2.24, 2.45) is 0 Å². The van der Waals surface area contributed by atoms with E-state index in [1.54, 1.807) is 7.11 Å². The molecule has 6 nitrogen and oxygen atoms in total. The Labute approximate surface area is 130 Å². The van der Waals surface area contributed by atoms with Gasteiger partial charge in [-0.25, -0.2) is 19.9 Å². The van der Waals surface area contributed by atoms with Crippen LogP contribution in [0.4, 0.5) is 0 Å². The standard InChI is InChI=1S/C16H21N5O/c1-12-5-7-17-14(20-12)16(2)6-4-8-21(16)11-13-9-18-15(22-3)19-10-13/h5,7,9-10H,4,6,8,11H2,1-3H3/t16-/m0/s1. The molecule has 0 aliphatic carbocycles. The van der Waals surface area contributed by atoms with Gasteiger partial charge in [0, 0.05) is 36.4 Å². The summed E-state index contributed by atoms with van der Waals surface area (Å²) in [5.41, 5.74) is 1.94. The summed E-state index contributed by atoms with van der Waals surface area (Å²) in [6.07, 6.45) is 7.69. The first-order valence-corrected chi connectivity index (χ1v) is 7.52. The Hall–Kier alpha value is -2.08. The van der Waals surface area contributed by atoms with Gasteiger partial charge in [0.05, 0.1) is 12.6 Å². The average molecular weight is 299 g/mol. The number of ether oxygens (including phenoxy) is 1. The zero-order valence-electron chi connectivity index (χ0n) is 13.3. The highest BCUT2D eigenvalue weighted by Gasteiger charge is 2.40. The lowest BCUT2D eigenvalue weighted by Crippen LogP contribution is -2.39. The Balaban J connectivity index is 1.82. The number of aryl methyl sites for hydroxylation is 1. The van der Waals surface area contributed by atoms with Crippen LogP contribution >= 0.6 is 0 Å². The molecule has 0 saturated carbocycles. The van der Waals surface area contributed by atoms with Crippen molar-refractivity contribution in [3.05, 3.63) is 41.7 Å². The van der Waals surface area contributed by atoms with Crippen molar-refractivity contribution >= 4 is 0 Å². The number of nitrogens with zero attached hydrogens (tertiary/aromatic N) is 5. The molecular weight excluding hydrogens is 278 g/mol. The second-order valence-corrected chi connectivity index (χ2v) is 5.90. The van der Waals surface area contributed by atoms with Crippen molar-refractivity contribution in [2.75, 3.05) is 13.7 Å². The summed E-state index contributed by atoms with van der Waals surface area (Å²) in [6, 6.07) is 2.33. The van der Waals surface area contributed by atoms with E-state index >= 15 is 0 Å². The van der Waals surface area contributed by atoms with E-state index in [9.17, 15) is 0 Å². The fraction of sp³-hybridized carbons (Fsp3) is 0.500. The highest BCUT2D eigenvalue weighted by atomic mass is 16.5. The Bertz CT molecular complexity index is 645. The highest BCUT2D eigenvalue weighted by Crippen LogP contribution is 2.37. The molecule has 0 aromatic carbocycles. The topological polar surface area (TPSA) is 64.0 Å². The van der Waals surface area contributed by atoms with Crippen LogP contribution in [0.25, 0.3) is 0 Å². The third kappa shape index (κ3) is 2.78. The van der Waals surface area contributed by atoms with E-state index in [0.717, 1.165) is 43.0 Å². The second-order valence-electron chi connectivity index (χ2n) is 5.90. The Kier molecular flexibility index (Phi) is 4.02. The molecule has 0 radical (unpaired) electrons. The molecule has 1 atom stereocenters. The molecule has 116 valence electrons. The molecule has 0 amide bonds. The predicted molar refractivity (Wildman–Crippen MR) is 82.3 cm³/mol. The maximum absolute atomic E-state index is 5.01. The van der Waals surface area contributed by atoms with Crippen LogP contribution in [0.5, 0.6) is 6.01 Å². The van der Waals surface area contributed by atoms with Gasteiger partial charge in [-0.2, -0.15) is 0 Å². The van der Waals surface area contributed by atoms with Crippen molar-refractivity contribution in [1.29, 1.82) is 0 Å². The minimum absolute atomic E-state index is 0.133. The summed E-state index contributed by atoms with van der Waals surface area (Å²) in [4.78, 5) is 19.9. The van der Waals surface area contributed by atoms with Gasteiger partial charge >= 0.3 is 6.01 Å². The average Bonchev–Trinajstić information content (AvgIpc) is 2.90. The van der Waals surface area contributed by atoms with E-state index in [2.05, 4.69) is 31.8 Å². The molecule has 6 heteroatoms. The monoisotopic (exact) mass is 299 g/mol. The van der Waals surface area contributed by atoms with Crippen molar-refractivity contribution in [2.45, 2.75) is 38.8 Å². The molecule has 3 heterocycles. The summed E-state index contributed by atoms with van der Waals surface area (Å²) in [5, 5.41) is 0. The molecule has 3 rings (SSSR count). The quantitative estimate of drug-likeness (QED) is 0.861. The summed E-state index contributed by atoms with van der Waals surface area (Å²) in [5.74, 6) is 0.902. The van der Waals surface area contributed by atoms with Crippen LogP contribution in [0, 0.1) is 6.92 Å². The molecule has 0 spiro atoms. The van der Waals surface area contributed by atoms with E-state index < -0.39 is 0 Å². The Morgan fingerprint density at radius 2 is 2.05 bits per heavy atom. The van der Waals surface area contributed by atoms with Crippen LogP contribution in [0.2, 0.25) is 0 Å². The van der Waals surface area contributed by atoms with Gasteiger partial charge in [0.25, 0.3) is 0 Å². The van der Waals surface area contributed by atoms with E-state index in [1.807, 2.05) is 31.6 Å². The first kappa shape index (κ1) is 14.8. The van der Waals surface area contributed by atoms with Crippen LogP contribution < -0.4 is 4.74 Å². The van der Waals surface area contributed by atoms with Crippen molar-refractivity contribution in [3.8, 4) is 6.01 Å². The molecular formula is C16H21N5O. The summed E-state index contributed by atoms with van der Waals surface area (Å²) in [6.45, 7) is 6.04. The molecule has 2 aromatic heterocycles. The largest absolute Gasteiger partial charge is 0.467 e. The van der Waals surface area contributed by atoms with Gasteiger partial charge in [-0.15, -0.1) is 0 Å². The third-order valence-electron chi connectivity index (χ3n) is 4.30. The van der Waals surface area contributed by atoms with Gasteiger partial charge < -0.3 is 4.74 Å². The molecule has 1 aliphatic rings. The Morgan fingerprint density at radius 3 is 2.73 bits per heavy atom. The van der Waals surface area contributed by atoms with Crippen LogP contribution in [-0.4, -0.2) is 38.5 Å². The fourth-order valence-electron chi connectivity index (χ4n) is 2.98. The van der Waals surface area contributed by atoms with E-state index in [4.69, 9.17) is 4.74 Å². The Morgan fingerprint density at radius 1 is 1.27 bits per heavy atom. The molecule has 1 aliphatic heterocycles. The number of rotatable bonds is 4.